The first-order chi connectivity index (χ1) is 10.6. The van der Waals surface area contributed by atoms with Crippen molar-refractivity contribution in [2.75, 3.05) is 0 Å². The standard InChI is InChI=1S/C11H10BrN7O2/c1-18-11(20)19(17-16-18)8-2-4-13-10(12)7(8)6-21-9-3-5-14-15-9/h2-5H,6H2,1H3,(H,14,15)/i/hT. The molecule has 1 N–H and O–H groups in total. The summed E-state index contributed by atoms with van der Waals surface area (Å²) in [6, 6.07) is 3.20. The zero-order valence-electron chi connectivity index (χ0n) is 11.8. The van der Waals surface area contributed by atoms with Gasteiger partial charge in [-0.3, -0.25) is 5.09 Å². The van der Waals surface area contributed by atoms with Crippen molar-refractivity contribution in [2.24, 2.45) is 7.05 Å². The van der Waals surface area contributed by atoms with Crippen LogP contribution in [0.2, 0.25) is 1.41 Å². The lowest BCUT2D eigenvalue weighted by molar-refractivity contribution is 0.291. The molecule has 0 spiro atoms. The van der Waals surface area contributed by atoms with Crippen molar-refractivity contribution < 1.29 is 6.15 Å². The highest BCUT2D eigenvalue weighted by Gasteiger charge is 2.15. The molecule has 0 atom stereocenters. The first-order valence-electron chi connectivity index (χ1n) is 6.31. The lowest BCUT2D eigenvalue weighted by Gasteiger charge is -2.09. The average Bonchev–Trinajstić information content (AvgIpc) is 3.05. The molecule has 21 heavy (non-hydrogen) atoms. The quantitative estimate of drug-likeness (QED) is 0.682. The van der Waals surface area contributed by atoms with Crippen LogP contribution in [0.4, 0.5) is 0 Å². The number of aryl methyl sites for hydroxylation is 1. The van der Waals surface area contributed by atoms with E-state index < -0.39 is 0 Å². The molecule has 0 aromatic carbocycles. The zero-order chi connectivity index (χ0) is 15.7. The second kappa shape index (κ2) is 5.48. The Balaban J connectivity index is 1.96. The summed E-state index contributed by atoms with van der Waals surface area (Å²) in [6.07, 6.45) is 2.99. The van der Waals surface area contributed by atoms with Crippen LogP contribution in [0.1, 0.15) is 5.56 Å². The summed E-state index contributed by atoms with van der Waals surface area (Å²) < 4.78 is 15.6. The average molecular weight is 354 g/mol. The van der Waals surface area contributed by atoms with Gasteiger partial charge in [-0.1, -0.05) is 0 Å². The number of rotatable bonds is 4. The van der Waals surface area contributed by atoms with Crippen LogP contribution in [-0.2, 0) is 13.7 Å². The van der Waals surface area contributed by atoms with E-state index in [4.69, 9.17) is 6.15 Å². The molecule has 0 aliphatic carbocycles. The fourth-order valence-corrected chi connectivity index (χ4v) is 2.13. The van der Waals surface area contributed by atoms with E-state index in [-0.39, 0.29) is 12.3 Å². The van der Waals surface area contributed by atoms with Crippen LogP contribution >= 0.6 is 15.9 Å². The molecule has 108 valence electrons. The van der Waals surface area contributed by atoms with Crippen LogP contribution in [0.25, 0.3) is 5.69 Å². The predicted molar refractivity (Wildman–Crippen MR) is 75.0 cm³/mol. The zero-order valence-corrected chi connectivity index (χ0v) is 12.4. The highest BCUT2D eigenvalue weighted by molar-refractivity contribution is 9.10. The maximum Gasteiger partial charge on any atom is 0.368 e. The van der Waals surface area contributed by atoms with E-state index in [1.54, 1.807) is 18.3 Å². The Morgan fingerprint density at radius 3 is 3.00 bits per heavy atom. The Labute approximate surface area is 128 Å². The molecule has 3 aromatic rings. The van der Waals surface area contributed by atoms with Gasteiger partial charge in [-0.2, -0.15) is 9.36 Å². The van der Waals surface area contributed by atoms with Crippen LogP contribution in [0.5, 0.6) is 5.88 Å². The van der Waals surface area contributed by atoms with Gasteiger partial charge in [-0.15, -0.1) is 5.10 Å². The first-order valence-corrected chi connectivity index (χ1v) is 6.66. The van der Waals surface area contributed by atoms with E-state index in [0.717, 1.165) is 14.5 Å². The lowest BCUT2D eigenvalue weighted by atomic mass is 10.2. The Morgan fingerprint density at radius 2 is 2.33 bits per heavy atom. The summed E-state index contributed by atoms with van der Waals surface area (Å²) >= 11 is 3.33. The molecule has 3 heterocycles. The van der Waals surface area contributed by atoms with Crippen molar-refractivity contribution in [3.05, 3.63) is 45.2 Å². The van der Waals surface area contributed by atoms with Gasteiger partial charge < -0.3 is 4.74 Å². The number of hydrogen-bond donors (Lipinski definition) is 1. The highest BCUT2D eigenvalue weighted by atomic mass is 79.9. The second-order valence-electron chi connectivity index (χ2n) is 4.05. The van der Waals surface area contributed by atoms with Gasteiger partial charge >= 0.3 is 5.69 Å². The largest absolute Gasteiger partial charge is 0.472 e. The molecular formula is C11H10BrN7O2. The summed E-state index contributed by atoms with van der Waals surface area (Å²) in [4.78, 5) is 16.1. The van der Waals surface area contributed by atoms with Crippen molar-refractivity contribution in [3.63, 3.8) is 0 Å². The summed E-state index contributed by atoms with van der Waals surface area (Å²) in [6.45, 7) is 0.101. The van der Waals surface area contributed by atoms with E-state index in [9.17, 15) is 4.79 Å². The number of nitrogens with zero attached hydrogens (tertiary/aromatic N) is 6. The van der Waals surface area contributed by atoms with Gasteiger partial charge in [-0.25, -0.2) is 9.78 Å². The maximum absolute atomic E-state index is 12.0. The minimum Gasteiger partial charge on any atom is -0.472 e. The summed E-state index contributed by atoms with van der Waals surface area (Å²) in [7, 11) is 1.51. The molecule has 0 bridgehead atoms. The minimum atomic E-state index is -0.380. The van der Waals surface area contributed by atoms with Crippen LogP contribution < -0.4 is 10.4 Å². The van der Waals surface area contributed by atoms with Crippen LogP contribution in [0.15, 0.2) is 33.9 Å². The molecule has 0 unspecified atom stereocenters. The topological polar surface area (TPSA) is 104 Å². The smallest absolute Gasteiger partial charge is 0.368 e. The summed E-state index contributed by atoms with van der Waals surface area (Å²) in [5.41, 5.74) is 0.740. The monoisotopic (exact) mass is 353 g/mol. The van der Waals surface area contributed by atoms with Crippen molar-refractivity contribution >= 4 is 15.9 Å². The minimum absolute atomic E-state index is 0.101. The normalized spacial score (nSPS) is 11.4. The SMILES string of the molecule is [3H]n1ccc(OCc2c(-n3nnn(C)c3=O)ccnc2Br)n1. The molecule has 10 heteroatoms. The van der Waals surface area contributed by atoms with Crippen molar-refractivity contribution in [3.8, 4) is 11.6 Å². The van der Waals surface area contributed by atoms with Gasteiger partial charge in [0, 0.05) is 31.1 Å². The molecule has 0 aliphatic rings. The molecule has 0 saturated heterocycles. The fourth-order valence-electron chi connectivity index (χ4n) is 1.70. The molecule has 0 radical (unpaired) electrons. The third-order valence-electron chi connectivity index (χ3n) is 2.73. The number of H-pyrrole nitrogens is 1. The van der Waals surface area contributed by atoms with E-state index >= 15 is 0 Å². The molecule has 9 nitrogen and oxygen atoms in total. The number of ether oxygens (including phenoxy) is 1. The van der Waals surface area contributed by atoms with Gasteiger partial charge in [0.05, 0.1) is 5.69 Å². The summed E-state index contributed by atoms with van der Waals surface area (Å²) in [5.74, 6) is 0.295. The highest BCUT2D eigenvalue weighted by Crippen LogP contribution is 2.21. The number of aromatic nitrogens is 7. The van der Waals surface area contributed by atoms with Crippen LogP contribution in [0.3, 0.4) is 0 Å². The molecule has 0 aliphatic heterocycles. The van der Waals surface area contributed by atoms with E-state index in [2.05, 4.69) is 36.4 Å². The van der Waals surface area contributed by atoms with E-state index in [1.807, 2.05) is 0 Å². The molecule has 0 fully saturated rings. The number of aromatic amines is 1. The molecule has 0 saturated carbocycles. The van der Waals surface area contributed by atoms with Crippen molar-refractivity contribution in [1.29, 1.82) is 0 Å². The fraction of sp³-hybridized carbons (Fsp3) is 0.182. The van der Waals surface area contributed by atoms with Crippen molar-refractivity contribution in [2.45, 2.75) is 6.61 Å². The number of halogens is 1. The molecular weight excluding hydrogens is 342 g/mol. The van der Waals surface area contributed by atoms with Gasteiger partial charge in [0.15, 0.2) is 1.41 Å². The lowest BCUT2D eigenvalue weighted by Crippen LogP contribution is -2.23. The molecule has 3 aromatic heterocycles. The first kappa shape index (κ1) is 12.3. The molecule has 0 amide bonds. The van der Waals surface area contributed by atoms with Gasteiger partial charge in [0.2, 0.25) is 5.88 Å². The second-order valence-corrected chi connectivity index (χ2v) is 4.81. The van der Waals surface area contributed by atoms with E-state index in [1.165, 1.54) is 13.2 Å². The van der Waals surface area contributed by atoms with Crippen molar-refractivity contribution in [1.82, 2.24) is 35.0 Å². The Kier molecular flexibility index (Phi) is 3.20. The number of tetrazole rings is 1. The van der Waals surface area contributed by atoms with Crippen LogP contribution in [-0.4, -0.2) is 35.0 Å². The van der Waals surface area contributed by atoms with Gasteiger partial charge in [-0.05, 0) is 32.4 Å². The van der Waals surface area contributed by atoms with E-state index in [0.29, 0.717) is 21.7 Å². The third-order valence-corrected chi connectivity index (χ3v) is 3.42. The van der Waals surface area contributed by atoms with Gasteiger partial charge in [0.1, 0.15) is 11.2 Å². The predicted octanol–water partition coefficient (Wildman–Crippen LogP) is 0.426. The van der Waals surface area contributed by atoms with Crippen LogP contribution in [0, 0.1) is 0 Å². The number of pyridine rings is 1. The third kappa shape index (κ3) is 2.57. The molecule has 3 rings (SSSR count). The number of nitrogens with one attached hydrogen (secondary N) is 1. The Morgan fingerprint density at radius 1 is 1.48 bits per heavy atom. The Bertz CT molecular complexity index is 871. The van der Waals surface area contributed by atoms with Gasteiger partial charge in [0.25, 0.3) is 0 Å². The maximum atomic E-state index is 12.0. The summed E-state index contributed by atoms with van der Waals surface area (Å²) in [5, 5.41) is 12.2. The Hall–Kier alpha value is -2.49. The number of hydrogen-bond acceptors (Lipinski definition) is 6.